The minimum Gasteiger partial charge on any atom is -0.481 e. The van der Waals surface area contributed by atoms with E-state index in [-0.39, 0.29) is 5.56 Å². The number of hydrogen-bond donors (Lipinski definition) is 1. The van der Waals surface area contributed by atoms with Crippen LogP contribution in [-0.2, 0) is 4.79 Å². The molecule has 0 spiro atoms. The Labute approximate surface area is 88.5 Å². The maximum Gasteiger partial charge on any atom is 0.340 e. The van der Waals surface area contributed by atoms with Gasteiger partial charge in [-0.1, -0.05) is 0 Å². The molecule has 0 radical (unpaired) electrons. The molecule has 7 heteroatoms. The lowest BCUT2D eigenvalue weighted by Crippen LogP contribution is -2.09. The quantitative estimate of drug-likeness (QED) is 0.637. The number of nitro benzene ring substituents is 1. The van der Waals surface area contributed by atoms with Crippen LogP contribution in [0.1, 0.15) is 18.4 Å². The van der Waals surface area contributed by atoms with Gasteiger partial charge < -0.3 is 5.11 Å². The third-order valence-corrected chi connectivity index (χ3v) is 2.09. The lowest BCUT2D eigenvalue weighted by molar-refractivity contribution is -0.390. The molecule has 1 aromatic carbocycles. The van der Waals surface area contributed by atoms with Crippen LogP contribution in [0.25, 0.3) is 0 Å². The van der Waals surface area contributed by atoms with Crippen molar-refractivity contribution in [2.24, 2.45) is 0 Å². The van der Waals surface area contributed by atoms with Crippen molar-refractivity contribution in [1.29, 1.82) is 0 Å². The van der Waals surface area contributed by atoms with Crippen LogP contribution >= 0.6 is 0 Å². The summed E-state index contributed by atoms with van der Waals surface area (Å²) in [5.41, 5.74) is -1.44. The van der Waals surface area contributed by atoms with E-state index in [1.165, 1.54) is 6.92 Å². The smallest absolute Gasteiger partial charge is 0.340 e. The summed E-state index contributed by atoms with van der Waals surface area (Å²) in [5, 5.41) is 18.9. The minimum atomic E-state index is -1.38. The molecule has 0 saturated carbocycles. The van der Waals surface area contributed by atoms with Crippen molar-refractivity contribution < 1.29 is 23.6 Å². The Bertz CT molecular complexity index is 438. The highest BCUT2D eigenvalue weighted by atomic mass is 19.1. The lowest BCUT2D eigenvalue weighted by atomic mass is 10.0. The summed E-state index contributed by atoms with van der Waals surface area (Å²) in [6, 6.07) is 1.31. The summed E-state index contributed by atoms with van der Waals surface area (Å²) >= 11 is 0. The molecule has 1 aromatic rings. The van der Waals surface area contributed by atoms with Gasteiger partial charge in [0.05, 0.1) is 10.8 Å². The highest BCUT2D eigenvalue weighted by Crippen LogP contribution is 2.26. The maximum absolute atomic E-state index is 13.1. The number of carboxylic acids is 1. The first kappa shape index (κ1) is 12.0. The van der Waals surface area contributed by atoms with Crippen LogP contribution in [-0.4, -0.2) is 16.0 Å². The molecular formula is C9H7F2NO4. The number of hydrogen-bond acceptors (Lipinski definition) is 3. The van der Waals surface area contributed by atoms with Gasteiger partial charge in [-0.25, -0.2) is 0 Å². The number of carboxylic acid groups (broad SMARTS) is 1. The van der Waals surface area contributed by atoms with E-state index in [0.29, 0.717) is 12.1 Å². The lowest BCUT2D eigenvalue weighted by Gasteiger charge is -2.06. The Kier molecular flexibility index (Phi) is 3.17. The van der Waals surface area contributed by atoms with Crippen molar-refractivity contribution in [3.8, 4) is 0 Å². The van der Waals surface area contributed by atoms with Crippen LogP contribution in [0.15, 0.2) is 12.1 Å². The van der Waals surface area contributed by atoms with Gasteiger partial charge in [-0.05, 0) is 24.6 Å². The predicted molar refractivity (Wildman–Crippen MR) is 49.1 cm³/mol. The standard InChI is InChI=1S/C9H7F2NO4/c1-4(9(13)14)5-2-6(10)8(12(15)16)7(11)3-5/h2-4H,1H3,(H,13,14). The van der Waals surface area contributed by atoms with E-state index in [1.807, 2.05) is 0 Å². The summed E-state index contributed by atoms with van der Waals surface area (Å²) in [4.78, 5) is 19.6. The Morgan fingerprint density at radius 3 is 2.19 bits per heavy atom. The van der Waals surface area contributed by atoms with Crippen molar-refractivity contribution in [3.63, 3.8) is 0 Å². The predicted octanol–water partition coefficient (Wildman–Crippen LogP) is 2.06. The Morgan fingerprint density at radius 2 is 1.88 bits per heavy atom. The van der Waals surface area contributed by atoms with E-state index in [4.69, 9.17) is 5.11 Å². The first-order chi connectivity index (χ1) is 7.34. The first-order valence-electron chi connectivity index (χ1n) is 4.20. The first-order valence-corrected chi connectivity index (χ1v) is 4.20. The maximum atomic E-state index is 13.1. The second kappa shape index (κ2) is 4.21. The summed E-state index contributed by atoms with van der Waals surface area (Å²) in [7, 11) is 0. The minimum absolute atomic E-state index is 0.159. The molecule has 0 aromatic heterocycles. The van der Waals surface area contributed by atoms with Crippen molar-refractivity contribution in [2.75, 3.05) is 0 Å². The summed E-state index contributed by atoms with van der Waals surface area (Å²) in [5.74, 6) is -5.17. The van der Waals surface area contributed by atoms with Crippen LogP contribution in [0, 0.1) is 21.7 Å². The monoisotopic (exact) mass is 231 g/mol. The summed E-state index contributed by atoms with van der Waals surface area (Å²) in [6.07, 6.45) is 0. The van der Waals surface area contributed by atoms with Crippen LogP contribution in [0.4, 0.5) is 14.5 Å². The van der Waals surface area contributed by atoms with Crippen LogP contribution < -0.4 is 0 Å². The van der Waals surface area contributed by atoms with Crippen molar-refractivity contribution in [2.45, 2.75) is 12.8 Å². The van der Waals surface area contributed by atoms with E-state index in [0.717, 1.165) is 0 Å². The van der Waals surface area contributed by atoms with Crippen LogP contribution in [0.3, 0.4) is 0 Å². The van der Waals surface area contributed by atoms with Gasteiger partial charge in [0.15, 0.2) is 0 Å². The normalized spacial score (nSPS) is 12.2. The molecule has 0 amide bonds. The fourth-order valence-electron chi connectivity index (χ4n) is 1.15. The number of nitro groups is 1. The highest BCUT2D eigenvalue weighted by molar-refractivity contribution is 5.75. The van der Waals surface area contributed by atoms with Crippen molar-refractivity contribution >= 4 is 11.7 Å². The Balaban J connectivity index is 3.30. The molecule has 0 bridgehead atoms. The van der Waals surface area contributed by atoms with Gasteiger partial charge >= 0.3 is 11.7 Å². The molecule has 0 aliphatic rings. The van der Waals surface area contributed by atoms with Gasteiger partial charge in [0.2, 0.25) is 11.6 Å². The van der Waals surface area contributed by atoms with Crippen LogP contribution in [0.5, 0.6) is 0 Å². The van der Waals surface area contributed by atoms with Crippen molar-refractivity contribution in [3.05, 3.63) is 39.4 Å². The molecule has 1 N–H and O–H groups in total. The summed E-state index contributed by atoms with van der Waals surface area (Å²) < 4.78 is 26.2. The number of aliphatic carboxylic acids is 1. The van der Waals surface area contributed by atoms with Gasteiger partial charge in [-0.15, -0.1) is 0 Å². The molecule has 0 heterocycles. The van der Waals surface area contributed by atoms with E-state index < -0.39 is 34.1 Å². The molecule has 0 fully saturated rings. The van der Waals surface area contributed by atoms with Gasteiger partial charge in [-0.3, -0.25) is 14.9 Å². The van der Waals surface area contributed by atoms with E-state index in [9.17, 15) is 23.7 Å². The molecular weight excluding hydrogens is 224 g/mol. The molecule has 0 aliphatic heterocycles. The molecule has 16 heavy (non-hydrogen) atoms. The fourth-order valence-corrected chi connectivity index (χ4v) is 1.15. The average Bonchev–Trinajstić information content (AvgIpc) is 2.14. The third kappa shape index (κ3) is 2.13. The van der Waals surface area contributed by atoms with E-state index >= 15 is 0 Å². The molecule has 1 unspecified atom stereocenters. The van der Waals surface area contributed by atoms with Gasteiger partial charge in [0, 0.05) is 0 Å². The topological polar surface area (TPSA) is 80.4 Å². The van der Waals surface area contributed by atoms with Crippen molar-refractivity contribution in [1.82, 2.24) is 0 Å². The van der Waals surface area contributed by atoms with Gasteiger partial charge in [0.25, 0.3) is 0 Å². The number of halogens is 2. The fraction of sp³-hybridized carbons (Fsp3) is 0.222. The zero-order chi connectivity index (χ0) is 12.5. The molecule has 86 valence electrons. The molecule has 0 aliphatic carbocycles. The third-order valence-electron chi connectivity index (χ3n) is 2.09. The molecule has 1 rings (SSSR count). The molecule has 0 saturated heterocycles. The Morgan fingerprint density at radius 1 is 1.44 bits per heavy atom. The number of carbonyl (C=O) groups is 1. The number of nitrogens with zero attached hydrogens (tertiary/aromatic N) is 1. The number of benzene rings is 1. The zero-order valence-corrected chi connectivity index (χ0v) is 8.11. The van der Waals surface area contributed by atoms with E-state index in [2.05, 4.69) is 0 Å². The Hall–Kier alpha value is -2.05. The number of rotatable bonds is 3. The zero-order valence-electron chi connectivity index (χ0n) is 8.11. The SMILES string of the molecule is CC(C(=O)O)c1cc(F)c([N+](=O)[O-])c(F)c1. The second-order valence-corrected chi connectivity index (χ2v) is 3.15. The largest absolute Gasteiger partial charge is 0.481 e. The van der Waals surface area contributed by atoms with Crippen LogP contribution in [0.2, 0.25) is 0 Å². The van der Waals surface area contributed by atoms with E-state index in [1.54, 1.807) is 0 Å². The molecule has 1 atom stereocenters. The summed E-state index contributed by atoms with van der Waals surface area (Å²) in [6.45, 7) is 1.22. The van der Waals surface area contributed by atoms with Gasteiger partial charge in [-0.2, -0.15) is 8.78 Å². The molecule has 5 nitrogen and oxygen atoms in total. The second-order valence-electron chi connectivity index (χ2n) is 3.15. The average molecular weight is 231 g/mol. The van der Waals surface area contributed by atoms with Gasteiger partial charge in [0.1, 0.15) is 0 Å². The highest BCUT2D eigenvalue weighted by Gasteiger charge is 2.25.